The highest BCUT2D eigenvalue weighted by Crippen LogP contribution is 2.28. The molecule has 1 aromatic carbocycles. The van der Waals surface area contributed by atoms with E-state index in [0.29, 0.717) is 19.5 Å². The first-order chi connectivity index (χ1) is 11.6. The summed E-state index contributed by atoms with van der Waals surface area (Å²) in [6.07, 6.45) is 3.67. The maximum absolute atomic E-state index is 12.1. The molecule has 1 fully saturated rings. The molecule has 0 radical (unpaired) electrons. The fourth-order valence-electron chi connectivity index (χ4n) is 3.46. The quantitative estimate of drug-likeness (QED) is 0.781. The number of amides is 3. The van der Waals surface area contributed by atoms with Crippen molar-refractivity contribution in [2.75, 3.05) is 24.5 Å². The lowest BCUT2D eigenvalue weighted by Crippen LogP contribution is -2.51. The maximum atomic E-state index is 12.1. The van der Waals surface area contributed by atoms with Gasteiger partial charge in [-0.1, -0.05) is 18.2 Å². The van der Waals surface area contributed by atoms with Crippen LogP contribution in [0.5, 0.6) is 0 Å². The molecule has 1 saturated heterocycles. The van der Waals surface area contributed by atoms with E-state index in [4.69, 9.17) is 0 Å². The predicted molar refractivity (Wildman–Crippen MR) is 94.1 cm³/mol. The first kappa shape index (κ1) is 16.6. The van der Waals surface area contributed by atoms with Crippen LogP contribution in [-0.2, 0) is 11.2 Å². The van der Waals surface area contributed by atoms with Crippen molar-refractivity contribution in [3.63, 3.8) is 0 Å². The molecule has 0 aromatic heterocycles. The zero-order valence-electron chi connectivity index (χ0n) is 14.2. The van der Waals surface area contributed by atoms with Gasteiger partial charge in [-0.05, 0) is 44.2 Å². The first-order valence-electron chi connectivity index (χ1n) is 8.82. The van der Waals surface area contributed by atoms with Crippen molar-refractivity contribution >= 4 is 17.6 Å². The normalized spacial score (nSPS) is 21.5. The first-order valence-corrected chi connectivity index (χ1v) is 8.82. The van der Waals surface area contributed by atoms with Crippen LogP contribution in [0.1, 0.15) is 31.7 Å². The number of nitrogens with zero attached hydrogens (tertiary/aromatic N) is 1. The van der Waals surface area contributed by atoms with Crippen molar-refractivity contribution < 1.29 is 9.59 Å². The van der Waals surface area contributed by atoms with Crippen LogP contribution in [-0.4, -0.2) is 43.7 Å². The lowest BCUT2D eigenvalue weighted by atomic mass is 10.1. The fourth-order valence-corrected chi connectivity index (χ4v) is 3.46. The van der Waals surface area contributed by atoms with Crippen LogP contribution in [0.25, 0.3) is 0 Å². The Labute approximate surface area is 143 Å². The highest BCUT2D eigenvalue weighted by atomic mass is 16.2. The van der Waals surface area contributed by atoms with Crippen LogP contribution in [0.4, 0.5) is 10.5 Å². The van der Waals surface area contributed by atoms with Crippen molar-refractivity contribution in [2.24, 2.45) is 0 Å². The summed E-state index contributed by atoms with van der Waals surface area (Å²) in [6, 6.07) is 7.93. The smallest absolute Gasteiger partial charge is 0.315 e. The van der Waals surface area contributed by atoms with Crippen LogP contribution in [0.3, 0.4) is 0 Å². The summed E-state index contributed by atoms with van der Waals surface area (Å²) in [5.74, 6) is -0.0795. The van der Waals surface area contributed by atoms with Crippen molar-refractivity contribution in [2.45, 2.75) is 44.7 Å². The Bertz CT molecular complexity index is 604. The van der Waals surface area contributed by atoms with Gasteiger partial charge >= 0.3 is 6.03 Å². The van der Waals surface area contributed by atoms with Crippen LogP contribution in [0.2, 0.25) is 0 Å². The summed E-state index contributed by atoms with van der Waals surface area (Å²) in [5.41, 5.74) is 2.62. The molecule has 0 bridgehead atoms. The standard InChI is InChI=1S/C18H26N4O2/c1-13(22-11-9-14-6-2-3-8-16(14)22)12-20-18(24)21-15-7-4-5-10-19-17(15)23/h2-3,6,8,13,15H,4-5,7,9-12H2,1H3,(H,19,23)(H2,20,21,24)/t13-,15+/m0/s1. The zero-order valence-corrected chi connectivity index (χ0v) is 14.2. The van der Waals surface area contributed by atoms with Crippen LogP contribution < -0.4 is 20.9 Å². The third-order valence-corrected chi connectivity index (χ3v) is 4.85. The Morgan fingerprint density at radius 2 is 2.21 bits per heavy atom. The van der Waals surface area contributed by atoms with Gasteiger partial charge in [0.25, 0.3) is 0 Å². The van der Waals surface area contributed by atoms with Crippen LogP contribution >= 0.6 is 0 Å². The largest absolute Gasteiger partial charge is 0.366 e. The van der Waals surface area contributed by atoms with Gasteiger partial charge in [-0.2, -0.15) is 0 Å². The molecule has 3 rings (SSSR count). The Kier molecular flexibility index (Phi) is 5.23. The number of fused-ring (bicyclic) bond motifs is 1. The van der Waals surface area contributed by atoms with Crippen molar-refractivity contribution in [3.05, 3.63) is 29.8 Å². The lowest BCUT2D eigenvalue weighted by Gasteiger charge is -2.28. The predicted octanol–water partition coefficient (Wildman–Crippen LogP) is 1.41. The minimum atomic E-state index is -0.421. The SMILES string of the molecule is C[C@@H](CNC(=O)N[C@@H]1CCCCNC1=O)N1CCc2ccccc21. The topological polar surface area (TPSA) is 73.5 Å². The van der Waals surface area contributed by atoms with E-state index < -0.39 is 6.04 Å². The zero-order chi connectivity index (χ0) is 16.9. The summed E-state index contributed by atoms with van der Waals surface area (Å²) in [5, 5.41) is 8.53. The van der Waals surface area contributed by atoms with Crippen molar-refractivity contribution in [1.29, 1.82) is 0 Å². The molecule has 0 aliphatic carbocycles. The molecule has 2 aliphatic heterocycles. The van der Waals surface area contributed by atoms with Gasteiger partial charge in [0, 0.05) is 31.4 Å². The highest BCUT2D eigenvalue weighted by molar-refractivity contribution is 5.87. The number of urea groups is 1. The number of rotatable bonds is 4. The minimum absolute atomic E-state index is 0.0795. The number of hydrogen-bond donors (Lipinski definition) is 3. The van der Waals surface area contributed by atoms with Crippen molar-refractivity contribution in [1.82, 2.24) is 16.0 Å². The third-order valence-electron chi connectivity index (χ3n) is 4.85. The number of hydrogen-bond acceptors (Lipinski definition) is 3. The maximum Gasteiger partial charge on any atom is 0.315 e. The van der Waals surface area contributed by atoms with E-state index in [1.54, 1.807) is 0 Å². The van der Waals surface area contributed by atoms with Gasteiger partial charge in [-0.15, -0.1) is 0 Å². The molecular weight excluding hydrogens is 304 g/mol. The van der Waals surface area contributed by atoms with Gasteiger partial charge in [0.1, 0.15) is 6.04 Å². The van der Waals surface area contributed by atoms with E-state index >= 15 is 0 Å². The second-order valence-corrected chi connectivity index (χ2v) is 6.61. The molecule has 6 heteroatoms. The number of benzene rings is 1. The Balaban J connectivity index is 1.48. The molecule has 2 heterocycles. The molecular formula is C18H26N4O2. The molecule has 0 unspecified atom stereocenters. The molecule has 3 amide bonds. The number of para-hydroxylation sites is 1. The van der Waals surface area contributed by atoms with Gasteiger partial charge in [-0.25, -0.2) is 4.79 Å². The number of carbonyl (C=O) groups is 2. The highest BCUT2D eigenvalue weighted by Gasteiger charge is 2.25. The van der Waals surface area contributed by atoms with Gasteiger partial charge in [0.15, 0.2) is 0 Å². The number of carbonyl (C=O) groups excluding carboxylic acids is 2. The summed E-state index contributed by atoms with van der Waals surface area (Å²) < 4.78 is 0. The molecule has 0 saturated carbocycles. The molecule has 2 aliphatic rings. The fraction of sp³-hybridized carbons (Fsp3) is 0.556. The Morgan fingerprint density at radius 1 is 1.38 bits per heavy atom. The summed E-state index contributed by atoms with van der Waals surface area (Å²) in [7, 11) is 0. The van der Waals surface area contributed by atoms with Gasteiger partial charge in [0.2, 0.25) is 5.91 Å². The molecule has 6 nitrogen and oxygen atoms in total. The molecule has 1 aromatic rings. The monoisotopic (exact) mass is 330 g/mol. The second-order valence-electron chi connectivity index (χ2n) is 6.61. The molecule has 0 spiro atoms. The average molecular weight is 330 g/mol. The summed E-state index contributed by atoms with van der Waals surface area (Å²) >= 11 is 0. The van der Waals surface area contributed by atoms with E-state index in [1.165, 1.54) is 11.3 Å². The molecule has 3 N–H and O–H groups in total. The summed E-state index contributed by atoms with van der Waals surface area (Å²) in [4.78, 5) is 26.3. The average Bonchev–Trinajstić information content (AvgIpc) is 2.92. The van der Waals surface area contributed by atoms with E-state index in [9.17, 15) is 9.59 Å². The number of nitrogens with one attached hydrogen (secondary N) is 3. The number of anilines is 1. The molecule has 130 valence electrons. The van der Waals surface area contributed by atoms with E-state index in [1.807, 2.05) is 0 Å². The minimum Gasteiger partial charge on any atom is -0.366 e. The third kappa shape index (κ3) is 3.80. The van der Waals surface area contributed by atoms with E-state index in [0.717, 1.165) is 25.8 Å². The molecule has 24 heavy (non-hydrogen) atoms. The van der Waals surface area contributed by atoms with Crippen molar-refractivity contribution in [3.8, 4) is 0 Å². The van der Waals surface area contributed by atoms with Crippen LogP contribution in [0, 0.1) is 0 Å². The second kappa shape index (κ2) is 7.55. The molecule has 2 atom stereocenters. The Hall–Kier alpha value is -2.24. The van der Waals surface area contributed by atoms with E-state index in [2.05, 4.69) is 52.0 Å². The van der Waals surface area contributed by atoms with E-state index in [-0.39, 0.29) is 18.0 Å². The summed E-state index contributed by atoms with van der Waals surface area (Å²) in [6.45, 7) is 4.34. The lowest BCUT2D eigenvalue weighted by molar-refractivity contribution is -0.122. The van der Waals surface area contributed by atoms with Crippen LogP contribution in [0.15, 0.2) is 24.3 Å². The van der Waals surface area contributed by atoms with Gasteiger partial charge in [0.05, 0.1) is 0 Å². The Morgan fingerprint density at radius 3 is 3.08 bits per heavy atom. The van der Waals surface area contributed by atoms with Gasteiger partial charge in [-0.3, -0.25) is 4.79 Å². The van der Waals surface area contributed by atoms with Gasteiger partial charge < -0.3 is 20.9 Å².